The highest BCUT2D eigenvalue weighted by atomic mass is 35.5. The van der Waals surface area contributed by atoms with Crippen LogP contribution in [0.3, 0.4) is 0 Å². The molecule has 24 heavy (non-hydrogen) atoms. The number of nitrogens with zero attached hydrogens (tertiary/aromatic N) is 1. The second kappa shape index (κ2) is 10.5. The van der Waals surface area contributed by atoms with E-state index in [1.54, 1.807) is 24.5 Å². The number of carbonyl (C=O) groups excluding carboxylic acids is 2. The van der Waals surface area contributed by atoms with Crippen molar-refractivity contribution in [2.75, 3.05) is 11.9 Å². The van der Waals surface area contributed by atoms with Crippen molar-refractivity contribution in [3.8, 4) is 0 Å². The summed E-state index contributed by atoms with van der Waals surface area (Å²) in [5.74, 6) is -0.337. The summed E-state index contributed by atoms with van der Waals surface area (Å²) in [5.41, 5.74) is 6.47. The summed E-state index contributed by atoms with van der Waals surface area (Å²) in [4.78, 5) is 27.9. The number of nitrogens with one attached hydrogen (secondary N) is 2. The molecule has 6 nitrogen and oxygen atoms in total. The Morgan fingerprint density at radius 2 is 1.96 bits per heavy atom. The first kappa shape index (κ1) is 22.6. The van der Waals surface area contributed by atoms with Crippen LogP contribution in [-0.4, -0.2) is 28.9 Å². The minimum atomic E-state index is -0.443. The lowest BCUT2D eigenvalue weighted by Gasteiger charge is -2.37. The minimum Gasteiger partial charge on any atom is -0.355 e. The van der Waals surface area contributed by atoms with Crippen molar-refractivity contribution in [1.82, 2.24) is 10.3 Å². The molecule has 1 aliphatic rings. The molecule has 136 valence electrons. The van der Waals surface area contributed by atoms with E-state index < -0.39 is 5.54 Å². The second-order valence-corrected chi connectivity index (χ2v) is 6.13. The molecule has 1 aromatic rings. The molecule has 1 aliphatic carbocycles. The molecule has 2 amide bonds. The number of carbonyl (C=O) groups is 2. The maximum absolute atomic E-state index is 12.2. The highest BCUT2D eigenvalue weighted by molar-refractivity contribution is 5.91. The minimum absolute atomic E-state index is 0. The number of hydrogen-bond acceptors (Lipinski definition) is 4. The van der Waals surface area contributed by atoms with Gasteiger partial charge in [-0.15, -0.1) is 24.8 Å². The Morgan fingerprint density at radius 1 is 1.29 bits per heavy atom. The Morgan fingerprint density at radius 3 is 2.58 bits per heavy atom. The zero-order valence-corrected chi connectivity index (χ0v) is 15.4. The first-order chi connectivity index (χ1) is 10.5. The van der Waals surface area contributed by atoms with Gasteiger partial charge in [0.1, 0.15) is 0 Å². The van der Waals surface area contributed by atoms with Gasteiger partial charge < -0.3 is 16.4 Å². The molecule has 0 saturated heterocycles. The van der Waals surface area contributed by atoms with Crippen molar-refractivity contribution in [2.24, 2.45) is 11.7 Å². The highest BCUT2D eigenvalue weighted by Crippen LogP contribution is 2.31. The summed E-state index contributed by atoms with van der Waals surface area (Å²) < 4.78 is 0. The topological polar surface area (TPSA) is 97.1 Å². The second-order valence-electron chi connectivity index (χ2n) is 6.13. The molecule has 1 aromatic heterocycles. The predicted octanol–water partition coefficient (Wildman–Crippen LogP) is 2.28. The predicted molar refractivity (Wildman–Crippen MR) is 99.5 cm³/mol. The maximum atomic E-state index is 12.2. The van der Waals surface area contributed by atoms with E-state index in [-0.39, 0.29) is 49.0 Å². The summed E-state index contributed by atoms with van der Waals surface area (Å²) >= 11 is 0. The van der Waals surface area contributed by atoms with E-state index in [4.69, 9.17) is 5.73 Å². The van der Waals surface area contributed by atoms with Crippen LogP contribution in [0.1, 0.15) is 39.0 Å². The summed E-state index contributed by atoms with van der Waals surface area (Å²) in [6.07, 6.45) is 7.27. The smallest absolute Gasteiger partial charge is 0.226 e. The fourth-order valence-corrected chi connectivity index (χ4v) is 2.87. The number of pyridine rings is 1. The van der Waals surface area contributed by atoms with E-state index in [2.05, 4.69) is 15.6 Å². The van der Waals surface area contributed by atoms with Crippen LogP contribution >= 0.6 is 24.8 Å². The molecule has 0 bridgehead atoms. The number of rotatable bonds is 5. The van der Waals surface area contributed by atoms with Gasteiger partial charge in [0.05, 0.1) is 5.92 Å². The van der Waals surface area contributed by atoms with Crippen LogP contribution in [-0.2, 0) is 9.59 Å². The summed E-state index contributed by atoms with van der Waals surface area (Å²) in [6, 6.07) is 3.44. The van der Waals surface area contributed by atoms with Gasteiger partial charge in [0.2, 0.25) is 11.8 Å². The Hall–Kier alpha value is -1.37. The standard InChI is InChI=1S/C16H24N4O2.2ClH/c1-16(17)8-3-2-4-13(16)15(22)19-11-7-14(21)20-12-5-9-18-10-6-12;;/h5-6,9-10,13H,2-4,7-8,11,17H2,1H3,(H,19,22)(H,18,20,21);2*1H. The number of nitrogens with two attached hydrogens (primary N) is 1. The molecular weight excluding hydrogens is 351 g/mol. The van der Waals surface area contributed by atoms with Crippen molar-refractivity contribution in [2.45, 2.75) is 44.6 Å². The molecule has 0 aliphatic heterocycles. The molecular formula is C16H26Cl2N4O2. The Bertz CT molecular complexity index is 526. The van der Waals surface area contributed by atoms with Gasteiger partial charge in [0.15, 0.2) is 0 Å². The Balaban J connectivity index is 0.00000264. The van der Waals surface area contributed by atoms with Gasteiger partial charge in [-0.25, -0.2) is 0 Å². The largest absolute Gasteiger partial charge is 0.355 e. The van der Waals surface area contributed by atoms with E-state index in [9.17, 15) is 9.59 Å². The zero-order chi connectivity index (χ0) is 16.0. The Labute approximate surface area is 155 Å². The Kier molecular flexibility index (Phi) is 9.89. The van der Waals surface area contributed by atoms with Crippen LogP contribution in [0.4, 0.5) is 5.69 Å². The monoisotopic (exact) mass is 376 g/mol. The first-order valence-electron chi connectivity index (χ1n) is 7.75. The van der Waals surface area contributed by atoms with Gasteiger partial charge in [-0.05, 0) is 31.9 Å². The molecule has 1 fully saturated rings. The quantitative estimate of drug-likeness (QED) is 0.733. The molecule has 2 atom stereocenters. The van der Waals surface area contributed by atoms with Gasteiger partial charge in [0, 0.05) is 36.6 Å². The van der Waals surface area contributed by atoms with Crippen molar-refractivity contribution >= 4 is 42.3 Å². The lowest BCUT2D eigenvalue weighted by molar-refractivity contribution is -0.128. The van der Waals surface area contributed by atoms with Gasteiger partial charge in [-0.2, -0.15) is 0 Å². The van der Waals surface area contributed by atoms with Crippen LogP contribution in [0.25, 0.3) is 0 Å². The number of amides is 2. The average Bonchev–Trinajstić information content (AvgIpc) is 2.47. The van der Waals surface area contributed by atoms with Crippen molar-refractivity contribution in [3.05, 3.63) is 24.5 Å². The normalized spacial score (nSPS) is 22.5. The summed E-state index contributed by atoms with van der Waals surface area (Å²) in [7, 11) is 0. The van der Waals surface area contributed by atoms with Crippen molar-refractivity contribution in [3.63, 3.8) is 0 Å². The van der Waals surface area contributed by atoms with Crippen LogP contribution < -0.4 is 16.4 Å². The molecule has 1 saturated carbocycles. The van der Waals surface area contributed by atoms with Crippen molar-refractivity contribution in [1.29, 1.82) is 0 Å². The lowest BCUT2D eigenvalue weighted by atomic mass is 9.74. The third-order valence-electron chi connectivity index (χ3n) is 4.19. The molecule has 2 unspecified atom stereocenters. The van der Waals surface area contributed by atoms with E-state index in [0.717, 1.165) is 25.7 Å². The van der Waals surface area contributed by atoms with Gasteiger partial charge in [-0.3, -0.25) is 14.6 Å². The first-order valence-corrected chi connectivity index (χ1v) is 7.75. The molecule has 0 aromatic carbocycles. The number of anilines is 1. The van der Waals surface area contributed by atoms with Gasteiger partial charge in [-0.1, -0.05) is 12.8 Å². The van der Waals surface area contributed by atoms with Crippen molar-refractivity contribution < 1.29 is 9.59 Å². The molecule has 2 rings (SSSR count). The maximum Gasteiger partial charge on any atom is 0.226 e. The number of halogens is 2. The molecule has 4 N–H and O–H groups in total. The molecule has 1 heterocycles. The average molecular weight is 377 g/mol. The van der Waals surface area contributed by atoms with Crippen LogP contribution in [0.2, 0.25) is 0 Å². The van der Waals surface area contributed by atoms with Crippen LogP contribution in [0.15, 0.2) is 24.5 Å². The molecule has 0 spiro atoms. The third kappa shape index (κ3) is 6.63. The van der Waals surface area contributed by atoms with Gasteiger partial charge >= 0.3 is 0 Å². The lowest BCUT2D eigenvalue weighted by Crippen LogP contribution is -2.53. The van der Waals surface area contributed by atoms with E-state index in [1.807, 2.05) is 6.92 Å². The third-order valence-corrected chi connectivity index (χ3v) is 4.19. The molecule has 8 heteroatoms. The summed E-state index contributed by atoms with van der Waals surface area (Å²) in [6.45, 7) is 2.26. The van der Waals surface area contributed by atoms with E-state index >= 15 is 0 Å². The number of aromatic nitrogens is 1. The van der Waals surface area contributed by atoms with E-state index in [0.29, 0.717) is 12.2 Å². The fourth-order valence-electron chi connectivity index (χ4n) is 2.87. The highest BCUT2D eigenvalue weighted by Gasteiger charge is 2.37. The zero-order valence-electron chi connectivity index (χ0n) is 13.8. The van der Waals surface area contributed by atoms with Gasteiger partial charge in [0.25, 0.3) is 0 Å². The number of hydrogen-bond donors (Lipinski definition) is 3. The van der Waals surface area contributed by atoms with Crippen LogP contribution in [0, 0.1) is 5.92 Å². The fraction of sp³-hybridized carbons (Fsp3) is 0.562. The SMILES string of the molecule is CC1(N)CCCCC1C(=O)NCCC(=O)Nc1ccncc1.Cl.Cl. The molecule has 0 radical (unpaired) electrons. The van der Waals surface area contributed by atoms with Crippen LogP contribution in [0.5, 0.6) is 0 Å². The van der Waals surface area contributed by atoms with E-state index in [1.165, 1.54) is 0 Å². The summed E-state index contributed by atoms with van der Waals surface area (Å²) in [5, 5.41) is 5.59.